The third-order valence-electron chi connectivity index (χ3n) is 2.47. The zero-order valence-corrected chi connectivity index (χ0v) is 10.9. The van der Waals surface area contributed by atoms with Gasteiger partial charge in [-0.2, -0.15) is 0 Å². The van der Waals surface area contributed by atoms with Crippen molar-refractivity contribution in [1.82, 2.24) is 5.32 Å². The Balaban J connectivity index is 4.22. The number of hydrogen-bond acceptors (Lipinski definition) is 4. The van der Waals surface area contributed by atoms with Crippen molar-refractivity contribution in [3.05, 3.63) is 0 Å². The van der Waals surface area contributed by atoms with Gasteiger partial charge in [-0.1, -0.05) is 20.3 Å². The van der Waals surface area contributed by atoms with E-state index in [0.717, 1.165) is 6.42 Å². The maximum atomic E-state index is 11.7. The summed E-state index contributed by atoms with van der Waals surface area (Å²) in [5.74, 6) is 0.655. The lowest BCUT2D eigenvalue weighted by atomic mass is 10.2. The molecule has 0 aliphatic carbocycles. The molecule has 2 atom stereocenters. The maximum Gasteiger partial charge on any atom is 0.152 e. The highest BCUT2D eigenvalue weighted by Gasteiger charge is 2.19. The van der Waals surface area contributed by atoms with Gasteiger partial charge in [0.15, 0.2) is 9.84 Å². The van der Waals surface area contributed by atoms with E-state index in [1.165, 1.54) is 0 Å². The summed E-state index contributed by atoms with van der Waals surface area (Å²) in [5.41, 5.74) is 0. The lowest BCUT2D eigenvalue weighted by Crippen LogP contribution is -2.38. The minimum atomic E-state index is -2.97. The molecule has 5 heteroatoms. The Hall–Kier alpha value is -0.130. The lowest BCUT2D eigenvalue weighted by Gasteiger charge is -2.16. The van der Waals surface area contributed by atoms with Gasteiger partial charge in [0, 0.05) is 13.2 Å². The molecule has 15 heavy (non-hydrogen) atoms. The first-order valence-corrected chi connectivity index (χ1v) is 7.14. The number of rotatable bonds is 8. The van der Waals surface area contributed by atoms with Crippen LogP contribution in [-0.4, -0.2) is 46.7 Å². The molecule has 0 saturated carbocycles. The van der Waals surface area contributed by atoms with Crippen molar-refractivity contribution in [2.75, 3.05) is 32.3 Å². The molecule has 0 saturated heterocycles. The van der Waals surface area contributed by atoms with Crippen molar-refractivity contribution in [3.8, 4) is 0 Å². The fourth-order valence-corrected chi connectivity index (χ4v) is 3.46. The summed E-state index contributed by atoms with van der Waals surface area (Å²) >= 11 is 0. The summed E-state index contributed by atoms with van der Waals surface area (Å²) in [4.78, 5) is 0. The number of nitrogens with one attached hydrogen (secondary N) is 1. The fraction of sp³-hybridized carbons (Fsp3) is 1.00. The van der Waals surface area contributed by atoms with E-state index < -0.39 is 9.84 Å². The molecule has 0 amide bonds. The topological polar surface area (TPSA) is 55.4 Å². The number of methoxy groups -OCH3 is 1. The van der Waals surface area contributed by atoms with Crippen molar-refractivity contribution < 1.29 is 13.2 Å². The normalized spacial score (nSPS) is 16.3. The summed E-state index contributed by atoms with van der Waals surface area (Å²) in [5, 5.41) is 2.95. The molecule has 0 aromatic carbocycles. The molecule has 1 N–H and O–H groups in total. The molecule has 4 nitrogen and oxygen atoms in total. The van der Waals surface area contributed by atoms with Crippen LogP contribution in [-0.2, 0) is 14.6 Å². The molecule has 0 bridgehead atoms. The quantitative estimate of drug-likeness (QED) is 0.674. The van der Waals surface area contributed by atoms with Crippen LogP contribution < -0.4 is 5.32 Å². The SMILES string of the molecule is CCC(C)CS(=O)(=O)CC(COC)NC. The fourth-order valence-electron chi connectivity index (χ4n) is 1.34. The van der Waals surface area contributed by atoms with Gasteiger partial charge in [0.1, 0.15) is 0 Å². The molecule has 0 heterocycles. The Morgan fingerprint density at radius 2 is 1.93 bits per heavy atom. The number of likely N-dealkylation sites (N-methyl/N-ethyl adjacent to an activating group) is 1. The Morgan fingerprint density at radius 1 is 1.33 bits per heavy atom. The summed E-state index contributed by atoms with van der Waals surface area (Å²) in [6, 6.07) is -0.107. The monoisotopic (exact) mass is 237 g/mol. The molecule has 2 unspecified atom stereocenters. The predicted molar refractivity (Wildman–Crippen MR) is 62.8 cm³/mol. The van der Waals surface area contributed by atoms with Crippen molar-refractivity contribution in [2.45, 2.75) is 26.3 Å². The van der Waals surface area contributed by atoms with Crippen LogP contribution in [0.1, 0.15) is 20.3 Å². The minimum Gasteiger partial charge on any atom is -0.383 e. The van der Waals surface area contributed by atoms with Crippen molar-refractivity contribution in [2.24, 2.45) is 5.92 Å². The second-order valence-electron chi connectivity index (χ2n) is 4.03. The summed E-state index contributed by atoms with van der Waals surface area (Å²) < 4.78 is 28.4. The first-order valence-electron chi connectivity index (χ1n) is 5.31. The lowest BCUT2D eigenvalue weighted by molar-refractivity contribution is 0.176. The highest BCUT2D eigenvalue weighted by atomic mass is 32.2. The van der Waals surface area contributed by atoms with Gasteiger partial charge < -0.3 is 10.1 Å². The van der Waals surface area contributed by atoms with Crippen LogP contribution in [0.2, 0.25) is 0 Å². The Bertz CT molecular complexity index is 251. The van der Waals surface area contributed by atoms with E-state index in [1.54, 1.807) is 14.2 Å². The second kappa shape index (κ2) is 7.19. The molecule has 92 valence electrons. The molecule has 0 aliphatic rings. The van der Waals surface area contributed by atoms with Gasteiger partial charge in [0.2, 0.25) is 0 Å². The van der Waals surface area contributed by atoms with Gasteiger partial charge in [-0.3, -0.25) is 0 Å². The van der Waals surface area contributed by atoms with E-state index >= 15 is 0 Å². The Labute approximate surface area is 93.3 Å². The van der Waals surface area contributed by atoms with Gasteiger partial charge >= 0.3 is 0 Å². The first-order chi connectivity index (χ1) is 6.95. The smallest absolute Gasteiger partial charge is 0.152 e. The van der Waals surface area contributed by atoms with Crippen LogP contribution in [0.4, 0.5) is 0 Å². The summed E-state index contributed by atoms with van der Waals surface area (Å²) in [6.07, 6.45) is 0.897. The van der Waals surface area contributed by atoms with E-state index in [9.17, 15) is 8.42 Å². The average Bonchev–Trinajstić information content (AvgIpc) is 2.15. The average molecular weight is 237 g/mol. The van der Waals surface area contributed by atoms with Gasteiger partial charge in [-0.15, -0.1) is 0 Å². The molecule has 0 radical (unpaired) electrons. The molecular weight excluding hydrogens is 214 g/mol. The summed E-state index contributed by atoms with van der Waals surface area (Å²) in [6.45, 7) is 4.39. The zero-order chi connectivity index (χ0) is 11.9. The van der Waals surface area contributed by atoms with Gasteiger partial charge in [-0.05, 0) is 13.0 Å². The van der Waals surface area contributed by atoms with Gasteiger partial charge in [-0.25, -0.2) is 8.42 Å². The van der Waals surface area contributed by atoms with Crippen molar-refractivity contribution in [1.29, 1.82) is 0 Å². The molecule has 0 aromatic rings. The van der Waals surface area contributed by atoms with Crippen LogP contribution in [0, 0.1) is 5.92 Å². The molecule has 0 fully saturated rings. The Morgan fingerprint density at radius 3 is 2.33 bits per heavy atom. The molecular formula is C10H23NO3S. The maximum absolute atomic E-state index is 11.7. The van der Waals surface area contributed by atoms with E-state index in [1.807, 2.05) is 13.8 Å². The van der Waals surface area contributed by atoms with Crippen LogP contribution >= 0.6 is 0 Å². The predicted octanol–water partition coefficient (Wildman–Crippen LogP) is 0.682. The number of ether oxygens (including phenoxy) is 1. The third-order valence-corrected chi connectivity index (χ3v) is 4.45. The van der Waals surface area contributed by atoms with Crippen LogP contribution in [0.15, 0.2) is 0 Å². The van der Waals surface area contributed by atoms with Crippen LogP contribution in [0.5, 0.6) is 0 Å². The van der Waals surface area contributed by atoms with E-state index in [-0.39, 0.29) is 23.5 Å². The van der Waals surface area contributed by atoms with E-state index in [0.29, 0.717) is 6.61 Å². The van der Waals surface area contributed by atoms with E-state index in [2.05, 4.69) is 5.32 Å². The van der Waals surface area contributed by atoms with Gasteiger partial charge in [0.05, 0.1) is 18.1 Å². The molecule has 0 aromatic heterocycles. The highest BCUT2D eigenvalue weighted by Crippen LogP contribution is 2.07. The molecule has 0 aliphatic heterocycles. The minimum absolute atomic E-state index is 0.107. The standard InChI is InChI=1S/C10H23NO3S/c1-5-9(2)7-15(12,13)8-10(11-3)6-14-4/h9-11H,5-8H2,1-4H3. The first kappa shape index (κ1) is 14.9. The van der Waals surface area contributed by atoms with Gasteiger partial charge in [0.25, 0.3) is 0 Å². The molecule has 0 rings (SSSR count). The molecule has 0 spiro atoms. The third kappa shape index (κ3) is 6.87. The second-order valence-corrected chi connectivity index (χ2v) is 6.19. The highest BCUT2D eigenvalue weighted by molar-refractivity contribution is 7.91. The Kier molecular flexibility index (Phi) is 7.13. The van der Waals surface area contributed by atoms with E-state index in [4.69, 9.17) is 4.74 Å². The number of sulfone groups is 1. The zero-order valence-electron chi connectivity index (χ0n) is 10.1. The van der Waals surface area contributed by atoms with Crippen LogP contribution in [0.3, 0.4) is 0 Å². The number of hydrogen-bond donors (Lipinski definition) is 1. The van der Waals surface area contributed by atoms with Crippen LogP contribution in [0.25, 0.3) is 0 Å². The van der Waals surface area contributed by atoms with Crippen molar-refractivity contribution in [3.63, 3.8) is 0 Å². The van der Waals surface area contributed by atoms with Crippen molar-refractivity contribution >= 4 is 9.84 Å². The largest absolute Gasteiger partial charge is 0.383 e. The summed E-state index contributed by atoms with van der Waals surface area (Å²) in [7, 11) is 0.359.